The van der Waals surface area contributed by atoms with Crippen molar-refractivity contribution >= 4 is 22.9 Å². The molecule has 0 saturated carbocycles. The van der Waals surface area contributed by atoms with Crippen molar-refractivity contribution in [1.29, 1.82) is 0 Å². The largest absolute Gasteiger partial charge is 1.00 e. The maximum absolute atomic E-state index is 14.6. The summed E-state index contributed by atoms with van der Waals surface area (Å²) in [6.45, 7) is 2.72. The Hall–Kier alpha value is -2.44. The predicted octanol–water partition coefficient (Wildman–Crippen LogP) is 5.64. The molecule has 0 radical (unpaired) electrons. The van der Waals surface area contributed by atoms with Gasteiger partial charge in [0.2, 0.25) is 5.91 Å². The maximum atomic E-state index is 14.6. The first-order valence-corrected chi connectivity index (χ1v) is 15.2. The quantitative estimate of drug-likeness (QED) is 0.158. The molecule has 2 aromatic carbocycles. The molecule has 1 N–H and O–H groups in total. The van der Waals surface area contributed by atoms with Crippen LogP contribution in [0.5, 0.6) is 5.75 Å². The van der Waals surface area contributed by atoms with Crippen LogP contribution in [0, 0.1) is 5.82 Å². The first kappa shape index (κ1) is 32.8. The van der Waals surface area contributed by atoms with Gasteiger partial charge in [-0.05, 0) is 24.6 Å². The number of aromatic nitrogens is 1. The number of ether oxygens (including phenoxy) is 1. The Kier molecular flexibility index (Phi) is 15.8. The number of carbonyl (C=O) groups excluding carboxylic acids is 1. The van der Waals surface area contributed by atoms with Crippen LogP contribution in [0.15, 0.2) is 54.0 Å². The third-order valence-electron chi connectivity index (χ3n) is 6.86. The molecule has 3 rings (SSSR count). The van der Waals surface area contributed by atoms with Crippen molar-refractivity contribution in [3.63, 3.8) is 0 Å². The van der Waals surface area contributed by atoms with Gasteiger partial charge in [-0.2, -0.15) is 4.57 Å². The Balaban J connectivity index is 0.00000533. The topological polar surface area (TPSA) is 42.2 Å². The summed E-state index contributed by atoms with van der Waals surface area (Å²) < 4.78 is 22.5. The summed E-state index contributed by atoms with van der Waals surface area (Å²) in [5.74, 6) is -0.415. The van der Waals surface area contributed by atoms with Gasteiger partial charge in [-0.15, -0.1) is 0 Å². The number of aryl methyl sites for hydroxylation is 1. The number of thiazole rings is 1. The summed E-state index contributed by atoms with van der Waals surface area (Å²) in [5.41, 5.74) is 2.27. The van der Waals surface area contributed by atoms with Crippen molar-refractivity contribution < 1.29 is 30.9 Å². The second-order valence-electron chi connectivity index (χ2n) is 10.1. The molecule has 3 aromatic rings. The molecule has 0 aliphatic heterocycles. The van der Waals surface area contributed by atoms with Gasteiger partial charge in [0.25, 0.3) is 5.01 Å². The highest BCUT2D eigenvalue weighted by atomic mass is 35.5. The molecule has 0 unspecified atom stereocenters. The number of benzene rings is 2. The second-order valence-corrected chi connectivity index (χ2v) is 10.9. The third-order valence-corrected chi connectivity index (χ3v) is 7.85. The lowest BCUT2D eigenvalue weighted by atomic mass is 10.1. The van der Waals surface area contributed by atoms with Gasteiger partial charge in [-0.1, -0.05) is 113 Å². The number of para-hydroxylation sites is 2. The Morgan fingerprint density at radius 1 is 0.897 bits per heavy atom. The van der Waals surface area contributed by atoms with Gasteiger partial charge in [0.05, 0.1) is 29.7 Å². The Bertz CT molecular complexity index is 1120. The van der Waals surface area contributed by atoms with E-state index in [0.29, 0.717) is 12.2 Å². The molecule has 39 heavy (non-hydrogen) atoms. The van der Waals surface area contributed by atoms with Crippen molar-refractivity contribution in [2.45, 2.75) is 90.4 Å². The average molecular weight is 575 g/mol. The summed E-state index contributed by atoms with van der Waals surface area (Å²) in [5, 5.41) is 6.08. The van der Waals surface area contributed by atoms with E-state index in [4.69, 9.17) is 4.74 Å². The SMILES string of the molecule is CCCCCCCCCCCCCCOc1c(F)cccc1CC(=O)Nc1ccccc1-c1scc[n+]1C.[Cl-]. The molecule has 214 valence electrons. The number of carbonyl (C=O) groups is 1. The predicted molar refractivity (Wildman–Crippen MR) is 156 cm³/mol. The molecule has 0 saturated heterocycles. The van der Waals surface area contributed by atoms with E-state index in [1.54, 1.807) is 23.5 Å². The highest BCUT2D eigenvalue weighted by molar-refractivity contribution is 7.12. The van der Waals surface area contributed by atoms with E-state index in [9.17, 15) is 9.18 Å². The number of hydrogen-bond acceptors (Lipinski definition) is 3. The van der Waals surface area contributed by atoms with Crippen molar-refractivity contribution in [2.75, 3.05) is 11.9 Å². The van der Waals surface area contributed by atoms with E-state index in [0.717, 1.165) is 29.1 Å². The third kappa shape index (κ3) is 11.3. The molecule has 7 heteroatoms. The van der Waals surface area contributed by atoms with E-state index >= 15 is 0 Å². The number of amides is 1. The first-order valence-electron chi connectivity index (χ1n) is 14.3. The van der Waals surface area contributed by atoms with Crippen molar-refractivity contribution in [1.82, 2.24) is 0 Å². The number of halogens is 2. The molecular weight excluding hydrogens is 531 g/mol. The zero-order chi connectivity index (χ0) is 27.0. The molecule has 1 amide bonds. The minimum absolute atomic E-state index is 0. The van der Waals surface area contributed by atoms with E-state index in [1.165, 1.54) is 70.3 Å². The number of nitrogens with zero attached hydrogens (tertiary/aromatic N) is 1. The zero-order valence-corrected chi connectivity index (χ0v) is 25.1. The summed E-state index contributed by atoms with van der Waals surface area (Å²) >= 11 is 1.62. The zero-order valence-electron chi connectivity index (χ0n) is 23.5. The van der Waals surface area contributed by atoms with E-state index in [1.807, 2.05) is 47.5 Å². The minimum Gasteiger partial charge on any atom is -1.00 e. The molecular formula is C32H44ClFN2O2S. The average Bonchev–Trinajstić information content (AvgIpc) is 3.34. The van der Waals surface area contributed by atoms with Crippen LogP contribution in [0.4, 0.5) is 10.1 Å². The maximum Gasteiger partial charge on any atom is 0.270 e. The fraction of sp³-hybridized carbons (Fsp3) is 0.500. The number of anilines is 1. The van der Waals surface area contributed by atoms with E-state index in [2.05, 4.69) is 12.2 Å². The van der Waals surface area contributed by atoms with Crippen LogP contribution in [0.3, 0.4) is 0 Å². The number of unbranched alkanes of at least 4 members (excludes halogenated alkanes) is 11. The summed E-state index contributed by atoms with van der Waals surface area (Å²) in [7, 11) is 1.98. The molecule has 0 atom stereocenters. The number of nitrogens with one attached hydrogen (secondary N) is 1. The molecule has 1 heterocycles. The van der Waals surface area contributed by atoms with Gasteiger partial charge in [-0.3, -0.25) is 4.79 Å². The Morgan fingerprint density at radius 3 is 2.18 bits per heavy atom. The van der Waals surface area contributed by atoms with Gasteiger partial charge in [0.15, 0.2) is 17.8 Å². The summed E-state index contributed by atoms with van der Waals surface area (Å²) in [6.07, 6.45) is 17.3. The highest BCUT2D eigenvalue weighted by Gasteiger charge is 2.18. The lowest BCUT2D eigenvalue weighted by Crippen LogP contribution is -3.00. The summed E-state index contributed by atoms with van der Waals surface area (Å²) in [4.78, 5) is 12.9. The van der Waals surface area contributed by atoms with Crippen LogP contribution in [-0.4, -0.2) is 12.5 Å². The van der Waals surface area contributed by atoms with Crippen LogP contribution in [0.2, 0.25) is 0 Å². The van der Waals surface area contributed by atoms with Crippen molar-refractivity contribution in [2.24, 2.45) is 7.05 Å². The molecule has 1 aromatic heterocycles. The second kappa shape index (κ2) is 18.8. The monoisotopic (exact) mass is 574 g/mol. The van der Waals surface area contributed by atoms with E-state index < -0.39 is 5.82 Å². The van der Waals surface area contributed by atoms with E-state index in [-0.39, 0.29) is 30.5 Å². The first-order chi connectivity index (χ1) is 18.6. The van der Waals surface area contributed by atoms with Crippen LogP contribution < -0.4 is 27.0 Å². The van der Waals surface area contributed by atoms with Gasteiger partial charge in [-0.25, -0.2) is 4.39 Å². The van der Waals surface area contributed by atoms with Crippen molar-refractivity contribution in [3.8, 4) is 16.3 Å². The van der Waals surface area contributed by atoms with Crippen LogP contribution in [0.25, 0.3) is 10.6 Å². The van der Waals surface area contributed by atoms with Gasteiger partial charge in [0.1, 0.15) is 7.05 Å². The van der Waals surface area contributed by atoms with Crippen LogP contribution >= 0.6 is 11.3 Å². The minimum atomic E-state index is -0.416. The molecule has 0 aliphatic rings. The molecule has 0 bridgehead atoms. The van der Waals surface area contributed by atoms with Crippen LogP contribution in [0.1, 0.15) is 89.5 Å². The van der Waals surface area contributed by atoms with Gasteiger partial charge >= 0.3 is 0 Å². The van der Waals surface area contributed by atoms with Crippen LogP contribution in [-0.2, 0) is 18.3 Å². The van der Waals surface area contributed by atoms with Crippen molar-refractivity contribution in [3.05, 3.63) is 65.4 Å². The molecule has 0 aliphatic carbocycles. The number of rotatable bonds is 18. The normalized spacial score (nSPS) is 10.7. The Labute approximate surface area is 244 Å². The van der Waals surface area contributed by atoms with Gasteiger partial charge in [0, 0.05) is 5.56 Å². The Morgan fingerprint density at radius 2 is 1.54 bits per heavy atom. The molecule has 4 nitrogen and oxygen atoms in total. The fourth-order valence-electron chi connectivity index (χ4n) is 4.71. The van der Waals surface area contributed by atoms with Gasteiger partial charge < -0.3 is 22.5 Å². The smallest absolute Gasteiger partial charge is 0.270 e. The lowest BCUT2D eigenvalue weighted by molar-refractivity contribution is -0.655. The fourth-order valence-corrected chi connectivity index (χ4v) is 5.61. The summed E-state index contributed by atoms with van der Waals surface area (Å²) in [6, 6.07) is 12.5. The standard InChI is InChI=1S/C32H43FN2O2S.ClH/c1-3-4-5-6-7-8-9-10-11-12-13-16-23-37-31-26(18-17-20-28(31)33)25-30(36)34-29-21-15-14-19-27(29)32-35(2)22-24-38-32;/h14-15,17-22,24H,3-13,16,23,25H2,1-2H3;1H. The molecule has 0 spiro atoms. The number of hydrogen-bond donors (Lipinski definition) is 1. The molecule has 0 fully saturated rings. The lowest BCUT2D eigenvalue weighted by Gasteiger charge is -2.13. The highest BCUT2D eigenvalue weighted by Crippen LogP contribution is 2.29.